The van der Waals surface area contributed by atoms with Gasteiger partial charge in [-0.05, 0) is 66.2 Å². The molecule has 0 unspecified atom stereocenters. The molecule has 0 atom stereocenters. The minimum atomic E-state index is -2.89. The average Bonchev–Trinajstić information content (AvgIpc) is 3.37. The minimum Gasteiger partial charge on any atom is -0.435 e. The highest BCUT2D eigenvalue weighted by Crippen LogP contribution is 2.32. The molecule has 37 heavy (non-hydrogen) atoms. The zero-order valence-electron chi connectivity index (χ0n) is 19.6. The number of ether oxygens (including phenoxy) is 1. The molecule has 1 heterocycles. The van der Waals surface area contributed by atoms with Gasteiger partial charge in [0.25, 0.3) is 0 Å². The fourth-order valence-electron chi connectivity index (χ4n) is 3.94. The Bertz CT molecular complexity index is 1380. The highest BCUT2D eigenvalue weighted by molar-refractivity contribution is 7.99. The third-order valence-electron chi connectivity index (χ3n) is 5.68. The van der Waals surface area contributed by atoms with Crippen LogP contribution in [0.15, 0.2) is 119 Å². The second-order valence-electron chi connectivity index (χ2n) is 8.19. The van der Waals surface area contributed by atoms with Gasteiger partial charge in [-0.25, -0.2) is 9.80 Å². The van der Waals surface area contributed by atoms with Gasteiger partial charge in [-0.1, -0.05) is 60.3 Å². The summed E-state index contributed by atoms with van der Waals surface area (Å²) in [6.45, 7) is -2.57. The van der Waals surface area contributed by atoms with Crippen molar-refractivity contribution in [3.05, 3.63) is 120 Å². The molecular formula is C29H23F2N3O2S. The Labute approximate surface area is 217 Å². The van der Waals surface area contributed by atoms with E-state index >= 15 is 0 Å². The monoisotopic (exact) mass is 515 g/mol. The predicted octanol–water partition coefficient (Wildman–Crippen LogP) is 7.36. The summed E-state index contributed by atoms with van der Waals surface area (Å²) in [6.07, 6.45) is 0. The molecule has 1 aliphatic heterocycles. The van der Waals surface area contributed by atoms with Crippen LogP contribution in [0.25, 0.3) is 11.3 Å². The lowest BCUT2D eigenvalue weighted by atomic mass is 10.0. The van der Waals surface area contributed by atoms with Gasteiger partial charge in [0.2, 0.25) is 0 Å². The van der Waals surface area contributed by atoms with Crippen LogP contribution in [0.5, 0.6) is 5.75 Å². The summed E-state index contributed by atoms with van der Waals surface area (Å²) in [4.78, 5) is 15.3. The van der Waals surface area contributed by atoms with Crippen LogP contribution in [0.3, 0.4) is 0 Å². The number of carbonyl (C=O) groups excluding carboxylic acids is 1. The molecule has 0 saturated carbocycles. The number of nitrogens with one attached hydrogen (secondary N) is 2. The van der Waals surface area contributed by atoms with Crippen molar-refractivity contribution in [3.63, 3.8) is 0 Å². The molecule has 0 saturated heterocycles. The highest BCUT2D eigenvalue weighted by atomic mass is 32.2. The van der Waals surface area contributed by atoms with E-state index < -0.39 is 6.61 Å². The fourth-order valence-corrected chi connectivity index (χ4v) is 4.78. The standard InChI is InChI=1S/C29H23F2N3O2S/c30-28(31)36-23-15-11-21(12-16-23)27-26(20-7-3-1-4-8-20)19-34(33-27)29(35)32-22-13-17-25(18-14-22)37-24-9-5-2-6-10-24/h1-18,28,33H,19H2,(H,32,35). The van der Waals surface area contributed by atoms with Gasteiger partial charge in [0.05, 0.1) is 12.2 Å². The Kier molecular flexibility index (Phi) is 7.37. The lowest BCUT2D eigenvalue weighted by molar-refractivity contribution is -0.0498. The normalized spacial score (nSPS) is 13.0. The van der Waals surface area contributed by atoms with Gasteiger partial charge in [0.1, 0.15) is 5.75 Å². The number of nitrogens with zero attached hydrogens (tertiary/aromatic N) is 1. The Morgan fingerprint density at radius 1 is 0.811 bits per heavy atom. The van der Waals surface area contributed by atoms with Gasteiger partial charge in [0.15, 0.2) is 0 Å². The molecule has 0 spiro atoms. The second kappa shape index (κ2) is 11.2. The van der Waals surface area contributed by atoms with E-state index in [9.17, 15) is 13.6 Å². The Morgan fingerprint density at radius 2 is 1.43 bits per heavy atom. The molecule has 2 N–H and O–H groups in total. The number of hydrogen-bond acceptors (Lipinski definition) is 4. The highest BCUT2D eigenvalue weighted by Gasteiger charge is 2.27. The third kappa shape index (κ3) is 6.10. The number of amides is 2. The average molecular weight is 516 g/mol. The molecule has 8 heteroatoms. The lowest BCUT2D eigenvalue weighted by Gasteiger charge is -2.19. The number of hydrazine groups is 1. The summed E-state index contributed by atoms with van der Waals surface area (Å²) < 4.78 is 29.6. The molecule has 4 aromatic rings. The van der Waals surface area contributed by atoms with Gasteiger partial charge in [0, 0.05) is 26.6 Å². The number of urea groups is 1. The van der Waals surface area contributed by atoms with Crippen molar-refractivity contribution in [1.29, 1.82) is 0 Å². The number of halogens is 2. The predicted molar refractivity (Wildman–Crippen MR) is 142 cm³/mol. The van der Waals surface area contributed by atoms with E-state index in [1.54, 1.807) is 23.9 Å². The van der Waals surface area contributed by atoms with E-state index in [1.807, 2.05) is 84.9 Å². The maximum Gasteiger partial charge on any atom is 0.387 e. The molecule has 0 aliphatic carbocycles. The van der Waals surface area contributed by atoms with Crippen LogP contribution in [-0.2, 0) is 0 Å². The molecule has 0 bridgehead atoms. The second-order valence-corrected chi connectivity index (χ2v) is 9.34. The van der Waals surface area contributed by atoms with Crippen LogP contribution in [0, 0.1) is 0 Å². The van der Waals surface area contributed by atoms with Crippen LogP contribution < -0.4 is 15.5 Å². The molecule has 1 aliphatic rings. The minimum absolute atomic E-state index is 0.0714. The summed E-state index contributed by atoms with van der Waals surface area (Å²) in [7, 11) is 0. The van der Waals surface area contributed by atoms with Gasteiger partial charge >= 0.3 is 12.6 Å². The van der Waals surface area contributed by atoms with Crippen molar-refractivity contribution in [2.75, 3.05) is 11.9 Å². The number of rotatable bonds is 7. The summed E-state index contributed by atoms with van der Waals surface area (Å²) in [5.74, 6) is 0.0714. The molecular weight excluding hydrogens is 492 g/mol. The van der Waals surface area contributed by atoms with Crippen LogP contribution in [0.2, 0.25) is 0 Å². The number of anilines is 1. The first kappa shape index (κ1) is 24.4. The molecule has 0 radical (unpaired) electrons. The van der Waals surface area contributed by atoms with Gasteiger partial charge in [-0.3, -0.25) is 5.43 Å². The van der Waals surface area contributed by atoms with E-state index in [0.29, 0.717) is 12.2 Å². The first-order chi connectivity index (χ1) is 18.0. The number of benzene rings is 4. The molecule has 186 valence electrons. The van der Waals surface area contributed by atoms with Gasteiger partial charge in [-0.2, -0.15) is 8.78 Å². The van der Waals surface area contributed by atoms with Crippen molar-refractivity contribution in [3.8, 4) is 5.75 Å². The maximum absolute atomic E-state index is 13.1. The van der Waals surface area contributed by atoms with Crippen molar-refractivity contribution in [1.82, 2.24) is 10.4 Å². The summed E-state index contributed by atoms with van der Waals surface area (Å²) in [5.41, 5.74) is 7.20. The Morgan fingerprint density at radius 3 is 2.08 bits per heavy atom. The van der Waals surface area contributed by atoms with Crippen molar-refractivity contribution in [2.45, 2.75) is 16.4 Å². The Hall–Kier alpha value is -4.30. The van der Waals surface area contributed by atoms with Crippen LogP contribution in [0.1, 0.15) is 11.1 Å². The quantitative estimate of drug-likeness (QED) is 0.270. The molecule has 4 aromatic carbocycles. The van der Waals surface area contributed by atoms with Crippen LogP contribution >= 0.6 is 11.8 Å². The van der Waals surface area contributed by atoms with E-state index in [0.717, 1.165) is 32.2 Å². The van der Waals surface area contributed by atoms with E-state index in [-0.39, 0.29) is 11.8 Å². The SMILES string of the molecule is O=C(Nc1ccc(Sc2ccccc2)cc1)N1CC(c2ccccc2)=C(c2ccc(OC(F)F)cc2)N1. The van der Waals surface area contributed by atoms with Crippen molar-refractivity contribution >= 4 is 34.8 Å². The molecule has 0 fully saturated rings. The first-order valence-corrected chi connectivity index (χ1v) is 12.4. The molecule has 5 nitrogen and oxygen atoms in total. The first-order valence-electron chi connectivity index (χ1n) is 11.6. The lowest BCUT2D eigenvalue weighted by Crippen LogP contribution is -2.40. The fraction of sp³-hybridized carbons (Fsp3) is 0.0690. The molecule has 5 rings (SSSR count). The zero-order valence-corrected chi connectivity index (χ0v) is 20.4. The van der Waals surface area contributed by atoms with Gasteiger partial charge < -0.3 is 10.1 Å². The number of alkyl halides is 2. The third-order valence-corrected chi connectivity index (χ3v) is 6.70. The smallest absolute Gasteiger partial charge is 0.387 e. The zero-order chi connectivity index (χ0) is 25.6. The summed E-state index contributed by atoms with van der Waals surface area (Å²) in [5, 5.41) is 4.43. The largest absolute Gasteiger partial charge is 0.435 e. The summed E-state index contributed by atoms with van der Waals surface area (Å²) in [6, 6.07) is 33.5. The van der Waals surface area contributed by atoms with E-state index in [4.69, 9.17) is 0 Å². The van der Waals surface area contributed by atoms with Crippen molar-refractivity contribution in [2.24, 2.45) is 0 Å². The summed E-state index contributed by atoms with van der Waals surface area (Å²) >= 11 is 1.65. The Balaban J connectivity index is 1.30. The molecule has 2 amide bonds. The van der Waals surface area contributed by atoms with Crippen molar-refractivity contribution < 1.29 is 18.3 Å². The van der Waals surface area contributed by atoms with Crippen LogP contribution in [-0.4, -0.2) is 24.2 Å². The van der Waals surface area contributed by atoms with E-state index in [1.165, 1.54) is 17.1 Å². The topological polar surface area (TPSA) is 53.6 Å². The van der Waals surface area contributed by atoms with E-state index in [2.05, 4.69) is 15.5 Å². The number of hydrogen-bond donors (Lipinski definition) is 2. The van der Waals surface area contributed by atoms with Crippen LogP contribution in [0.4, 0.5) is 19.3 Å². The number of carbonyl (C=O) groups is 1. The maximum atomic E-state index is 13.1. The molecule has 0 aromatic heterocycles. The van der Waals surface area contributed by atoms with Gasteiger partial charge in [-0.15, -0.1) is 0 Å².